The summed E-state index contributed by atoms with van der Waals surface area (Å²) in [6.07, 6.45) is -3.09. The highest BCUT2D eigenvalue weighted by molar-refractivity contribution is 9.10. The van der Waals surface area contributed by atoms with Gasteiger partial charge in [0.2, 0.25) is 0 Å². The van der Waals surface area contributed by atoms with Crippen molar-refractivity contribution in [2.45, 2.75) is 48.6 Å². The van der Waals surface area contributed by atoms with Crippen LogP contribution in [0.25, 0.3) is 0 Å². The summed E-state index contributed by atoms with van der Waals surface area (Å²) < 4.78 is 29.1. The number of ether oxygens (including phenoxy) is 5. The Morgan fingerprint density at radius 3 is 2.00 bits per heavy atom. The highest BCUT2D eigenvalue weighted by atomic mass is 79.9. The van der Waals surface area contributed by atoms with E-state index < -0.39 is 35.4 Å². The summed E-state index contributed by atoms with van der Waals surface area (Å²) >= 11 is 3.34. The molecule has 1 N–H and O–H groups in total. The Balaban J connectivity index is 1.40. The lowest BCUT2D eigenvalue weighted by Crippen LogP contribution is -2.66. The van der Waals surface area contributed by atoms with E-state index in [1.165, 1.54) is 0 Å². The van der Waals surface area contributed by atoms with Crippen LogP contribution in [0.4, 0.5) is 0 Å². The molecule has 34 heavy (non-hydrogen) atoms. The van der Waals surface area contributed by atoms with Gasteiger partial charge in [-0.05, 0) is 27.1 Å². The molecule has 0 bridgehead atoms. The highest BCUT2D eigenvalue weighted by Crippen LogP contribution is 2.42. The topological polar surface area (TPSA) is 66.4 Å². The Morgan fingerprint density at radius 1 is 0.824 bits per heavy atom. The van der Waals surface area contributed by atoms with Crippen LogP contribution >= 0.6 is 15.9 Å². The van der Waals surface area contributed by atoms with E-state index in [0.29, 0.717) is 6.61 Å². The van der Waals surface area contributed by atoms with Crippen molar-refractivity contribution in [2.75, 3.05) is 6.61 Å². The summed E-state index contributed by atoms with van der Waals surface area (Å²) in [5.41, 5.74) is 2.89. The van der Waals surface area contributed by atoms with Crippen molar-refractivity contribution in [1.82, 2.24) is 0 Å². The minimum Gasteiger partial charge on any atom is -0.368 e. The first-order valence-corrected chi connectivity index (χ1v) is 12.1. The van der Waals surface area contributed by atoms with Crippen molar-refractivity contribution in [3.05, 3.63) is 108 Å². The van der Waals surface area contributed by atoms with Gasteiger partial charge in [-0.1, -0.05) is 91.0 Å². The van der Waals surface area contributed by atoms with Crippen LogP contribution < -0.4 is 0 Å². The molecule has 3 aromatic rings. The average molecular weight is 527 g/mol. The predicted molar refractivity (Wildman–Crippen MR) is 129 cm³/mol. The molecule has 6 nitrogen and oxygen atoms in total. The molecule has 0 radical (unpaired) electrons. The second-order valence-corrected chi connectivity index (χ2v) is 9.56. The molecule has 0 saturated carbocycles. The normalized spacial score (nSPS) is 31.1. The molecule has 2 aliphatic rings. The third-order valence-corrected chi connectivity index (χ3v) is 6.62. The Bertz CT molecular complexity index is 1030. The van der Waals surface area contributed by atoms with Gasteiger partial charge in [-0.25, -0.2) is 0 Å². The fourth-order valence-corrected chi connectivity index (χ4v) is 4.92. The van der Waals surface area contributed by atoms with Crippen LogP contribution in [0.1, 0.15) is 23.0 Å². The second kappa shape index (κ2) is 10.7. The molecule has 6 atom stereocenters. The van der Waals surface area contributed by atoms with Gasteiger partial charge in [-0.15, -0.1) is 0 Å². The summed E-state index contributed by atoms with van der Waals surface area (Å²) in [5.74, 6) is 0. The average Bonchev–Trinajstić information content (AvgIpc) is 2.87. The predicted octanol–water partition coefficient (Wildman–Crippen LogP) is 4.71. The van der Waals surface area contributed by atoms with E-state index in [-0.39, 0.29) is 13.2 Å². The molecule has 5 rings (SSSR count). The van der Waals surface area contributed by atoms with Gasteiger partial charge in [0.25, 0.3) is 4.70 Å². The molecule has 178 valence electrons. The number of hydrogen-bond donors (Lipinski definition) is 1. The van der Waals surface area contributed by atoms with E-state index in [1.807, 2.05) is 91.0 Å². The van der Waals surface area contributed by atoms with Crippen LogP contribution in [0, 0.1) is 0 Å². The number of hydrogen-bond acceptors (Lipinski definition) is 6. The van der Waals surface area contributed by atoms with Crippen LogP contribution in [-0.2, 0) is 36.9 Å². The van der Waals surface area contributed by atoms with Crippen LogP contribution in [0.2, 0.25) is 0 Å². The van der Waals surface area contributed by atoms with Crippen LogP contribution in [0.5, 0.6) is 0 Å². The first kappa shape index (κ1) is 23.6. The van der Waals surface area contributed by atoms with Gasteiger partial charge in [0.15, 0.2) is 12.4 Å². The molecule has 3 aromatic carbocycles. The zero-order valence-corrected chi connectivity index (χ0v) is 20.1. The minimum absolute atomic E-state index is 0.245. The zero-order valence-electron chi connectivity index (χ0n) is 18.5. The standard InChI is InChI=1S/C27H27BrO6/c28-27(29)25(31-17-20-12-6-2-7-13-20)24(30-16-19-10-4-1-5-11-19)23-22(34-27)18-32-26(33-23)21-14-8-3-9-15-21/h1-15,22-26,29H,16-18H2/t22-,23-,24+,25-,26?,27+/m1/s1. The highest BCUT2D eigenvalue weighted by Gasteiger charge is 2.57. The Hall–Kier alpha value is -2.10. The molecule has 0 amide bonds. The van der Waals surface area contributed by atoms with Crippen molar-refractivity contribution < 1.29 is 28.8 Å². The van der Waals surface area contributed by atoms with Crippen molar-refractivity contribution in [3.63, 3.8) is 0 Å². The molecule has 2 aliphatic heterocycles. The Morgan fingerprint density at radius 2 is 1.38 bits per heavy atom. The van der Waals surface area contributed by atoms with Crippen molar-refractivity contribution in [2.24, 2.45) is 0 Å². The lowest BCUT2D eigenvalue weighted by molar-refractivity contribution is -0.374. The van der Waals surface area contributed by atoms with Gasteiger partial charge in [0, 0.05) is 5.56 Å². The molecule has 7 heteroatoms. The molecule has 1 unspecified atom stereocenters. The lowest BCUT2D eigenvalue weighted by Gasteiger charge is -2.50. The van der Waals surface area contributed by atoms with Crippen molar-refractivity contribution >= 4 is 15.9 Å². The van der Waals surface area contributed by atoms with Gasteiger partial charge in [-0.3, -0.25) is 0 Å². The first-order valence-electron chi connectivity index (χ1n) is 11.3. The monoisotopic (exact) mass is 526 g/mol. The van der Waals surface area contributed by atoms with E-state index in [4.69, 9.17) is 23.7 Å². The molecule has 2 fully saturated rings. The first-order chi connectivity index (χ1) is 16.6. The number of aliphatic hydroxyl groups is 1. The molecule has 0 aromatic heterocycles. The largest absolute Gasteiger partial charge is 0.368 e. The van der Waals surface area contributed by atoms with E-state index >= 15 is 0 Å². The summed E-state index contributed by atoms with van der Waals surface area (Å²) in [6, 6.07) is 29.4. The zero-order chi connectivity index (χ0) is 23.4. The van der Waals surface area contributed by atoms with Gasteiger partial charge in [0.1, 0.15) is 18.3 Å². The molecular weight excluding hydrogens is 500 g/mol. The number of rotatable bonds is 7. The SMILES string of the molecule is O[C@]1(Br)O[C@@H]2COC(c3ccccc3)O[C@H]2[C@H](OCc2ccccc2)[C@H]1OCc1ccccc1. The van der Waals surface area contributed by atoms with Crippen LogP contribution in [-0.4, -0.2) is 40.8 Å². The smallest absolute Gasteiger partial charge is 0.254 e. The molecule has 0 spiro atoms. The minimum atomic E-state index is -1.77. The maximum absolute atomic E-state index is 11.2. The third kappa shape index (κ3) is 5.42. The van der Waals surface area contributed by atoms with Gasteiger partial charge < -0.3 is 28.8 Å². The van der Waals surface area contributed by atoms with E-state index in [0.717, 1.165) is 16.7 Å². The molecular formula is C27H27BrO6. The number of benzene rings is 3. The van der Waals surface area contributed by atoms with Crippen molar-refractivity contribution in [3.8, 4) is 0 Å². The maximum Gasteiger partial charge on any atom is 0.254 e. The van der Waals surface area contributed by atoms with E-state index in [1.54, 1.807) is 0 Å². The molecule has 2 heterocycles. The quantitative estimate of drug-likeness (QED) is 0.449. The van der Waals surface area contributed by atoms with E-state index in [9.17, 15) is 5.11 Å². The summed E-state index contributed by atoms with van der Waals surface area (Å²) in [5, 5.41) is 11.2. The number of fused-ring (bicyclic) bond motifs is 1. The number of halogens is 1. The fraction of sp³-hybridized carbons (Fsp3) is 0.333. The fourth-order valence-electron chi connectivity index (χ4n) is 4.28. The third-order valence-electron chi connectivity index (χ3n) is 5.98. The molecule has 0 aliphatic carbocycles. The summed E-state index contributed by atoms with van der Waals surface area (Å²) in [6.45, 7) is 0.863. The Kier molecular flexibility index (Phi) is 7.41. The summed E-state index contributed by atoms with van der Waals surface area (Å²) in [7, 11) is 0. The van der Waals surface area contributed by atoms with Crippen LogP contribution in [0.3, 0.4) is 0 Å². The lowest BCUT2D eigenvalue weighted by atomic mass is 9.97. The second-order valence-electron chi connectivity index (χ2n) is 8.42. The van der Waals surface area contributed by atoms with Gasteiger partial charge >= 0.3 is 0 Å². The maximum atomic E-state index is 11.2. The molecule has 2 saturated heterocycles. The van der Waals surface area contributed by atoms with Gasteiger partial charge in [-0.2, -0.15) is 0 Å². The van der Waals surface area contributed by atoms with Gasteiger partial charge in [0.05, 0.1) is 19.8 Å². The number of alkyl halides is 1. The van der Waals surface area contributed by atoms with Crippen molar-refractivity contribution in [1.29, 1.82) is 0 Å². The Labute approximate surface area is 207 Å². The van der Waals surface area contributed by atoms with Crippen LogP contribution in [0.15, 0.2) is 91.0 Å². The summed E-state index contributed by atoms with van der Waals surface area (Å²) in [4.78, 5) is 0. The van der Waals surface area contributed by atoms with E-state index in [2.05, 4.69) is 15.9 Å².